The number of hydrogen-bond donors (Lipinski definition) is 1. The molecule has 24 heavy (non-hydrogen) atoms. The van der Waals surface area contributed by atoms with Crippen molar-refractivity contribution in [3.63, 3.8) is 0 Å². The fourth-order valence-electron chi connectivity index (χ4n) is 2.98. The van der Waals surface area contributed by atoms with E-state index in [1.54, 1.807) is 7.11 Å². The Labute approximate surface area is 140 Å². The molecule has 128 valence electrons. The summed E-state index contributed by atoms with van der Waals surface area (Å²) in [5.41, 5.74) is 1.20. The highest BCUT2D eigenvalue weighted by molar-refractivity contribution is 5.75. The molecule has 0 unspecified atom stereocenters. The van der Waals surface area contributed by atoms with Gasteiger partial charge < -0.3 is 10.1 Å². The second-order valence-corrected chi connectivity index (χ2v) is 5.94. The lowest BCUT2D eigenvalue weighted by atomic mass is 10.0. The van der Waals surface area contributed by atoms with E-state index < -0.39 is 0 Å². The molecule has 1 aromatic carbocycles. The second-order valence-electron chi connectivity index (χ2n) is 5.94. The first-order chi connectivity index (χ1) is 11.7. The maximum Gasteiger partial charge on any atom is 0.242 e. The predicted octanol–water partition coefficient (Wildman–Crippen LogP) is 0.462. The van der Waals surface area contributed by atoms with Crippen LogP contribution in [0.4, 0.5) is 0 Å². The number of hydrogen-bond acceptors (Lipinski definition) is 6. The molecule has 8 heteroatoms. The van der Waals surface area contributed by atoms with Crippen molar-refractivity contribution in [2.75, 3.05) is 20.2 Å². The van der Waals surface area contributed by atoms with Crippen LogP contribution in [0.2, 0.25) is 0 Å². The van der Waals surface area contributed by atoms with E-state index >= 15 is 0 Å². The van der Waals surface area contributed by atoms with Crippen LogP contribution in [0, 0.1) is 0 Å². The van der Waals surface area contributed by atoms with Crippen LogP contribution < -0.4 is 10.1 Å². The van der Waals surface area contributed by atoms with Gasteiger partial charge in [0.05, 0.1) is 7.11 Å². The third-order valence-corrected chi connectivity index (χ3v) is 4.24. The summed E-state index contributed by atoms with van der Waals surface area (Å²) in [5.74, 6) is 0.875. The molecule has 2 aromatic rings. The largest absolute Gasteiger partial charge is 0.496 e. The number of nitrogens with one attached hydrogen (secondary N) is 1. The number of carbonyl (C=O) groups is 1. The number of ether oxygens (including phenoxy) is 1. The normalized spacial score (nSPS) is 16.0. The number of benzene rings is 1. The van der Waals surface area contributed by atoms with Crippen LogP contribution in [0.3, 0.4) is 0 Å². The number of methoxy groups -OCH3 is 1. The van der Waals surface area contributed by atoms with E-state index in [0.29, 0.717) is 0 Å². The first-order valence-corrected chi connectivity index (χ1v) is 8.09. The van der Waals surface area contributed by atoms with Crippen molar-refractivity contribution in [3.05, 3.63) is 36.2 Å². The molecular formula is C16H22N6O2. The summed E-state index contributed by atoms with van der Waals surface area (Å²) in [6, 6.07) is 8.31. The Balaban J connectivity index is 1.44. The van der Waals surface area contributed by atoms with Gasteiger partial charge >= 0.3 is 0 Å². The zero-order chi connectivity index (χ0) is 16.8. The second kappa shape index (κ2) is 7.87. The summed E-state index contributed by atoms with van der Waals surface area (Å²) in [4.78, 5) is 14.4. The van der Waals surface area contributed by atoms with E-state index in [1.165, 1.54) is 16.6 Å². The van der Waals surface area contributed by atoms with Gasteiger partial charge in [0.15, 0.2) is 0 Å². The van der Waals surface area contributed by atoms with Crippen LogP contribution in [-0.4, -0.2) is 57.3 Å². The minimum atomic E-state index is -0.0505. The van der Waals surface area contributed by atoms with E-state index in [2.05, 4.69) is 31.8 Å². The SMILES string of the molecule is COc1ccccc1CN1CCC(NC(=O)Cn2cnnn2)CC1. The summed E-state index contributed by atoms with van der Waals surface area (Å²) in [6.07, 6.45) is 3.32. The molecule has 8 nitrogen and oxygen atoms in total. The fraction of sp³-hybridized carbons (Fsp3) is 0.500. The monoisotopic (exact) mass is 330 g/mol. The van der Waals surface area contributed by atoms with Crippen LogP contribution in [0.1, 0.15) is 18.4 Å². The van der Waals surface area contributed by atoms with Crippen molar-refractivity contribution >= 4 is 5.91 Å². The van der Waals surface area contributed by atoms with E-state index in [1.807, 2.05) is 18.2 Å². The average molecular weight is 330 g/mol. The third-order valence-electron chi connectivity index (χ3n) is 4.24. The van der Waals surface area contributed by atoms with Crippen LogP contribution in [0.5, 0.6) is 5.75 Å². The van der Waals surface area contributed by atoms with Gasteiger partial charge in [0.2, 0.25) is 5.91 Å². The lowest BCUT2D eigenvalue weighted by Crippen LogP contribution is -2.45. The smallest absolute Gasteiger partial charge is 0.242 e. The van der Waals surface area contributed by atoms with Gasteiger partial charge in [0, 0.05) is 31.2 Å². The molecule has 1 aliphatic heterocycles. The van der Waals surface area contributed by atoms with Gasteiger partial charge in [-0.1, -0.05) is 18.2 Å². The van der Waals surface area contributed by atoms with Gasteiger partial charge in [-0.2, -0.15) is 0 Å². The van der Waals surface area contributed by atoms with Crippen molar-refractivity contribution in [1.29, 1.82) is 0 Å². The third kappa shape index (κ3) is 4.29. The first-order valence-electron chi connectivity index (χ1n) is 8.09. The standard InChI is InChI=1S/C16H22N6O2/c1-24-15-5-3-2-4-13(15)10-21-8-6-14(7-9-21)18-16(23)11-22-12-17-19-20-22/h2-5,12,14H,6-11H2,1H3,(H,18,23). The van der Waals surface area contributed by atoms with Crippen molar-refractivity contribution in [3.8, 4) is 5.75 Å². The first kappa shape index (κ1) is 16.4. The van der Waals surface area contributed by atoms with E-state index in [4.69, 9.17) is 4.74 Å². The summed E-state index contributed by atoms with van der Waals surface area (Å²) in [5, 5.41) is 13.8. The number of tetrazole rings is 1. The van der Waals surface area contributed by atoms with Gasteiger partial charge in [-0.25, -0.2) is 4.68 Å². The van der Waals surface area contributed by atoms with E-state index in [-0.39, 0.29) is 18.5 Å². The average Bonchev–Trinajstić information content (AvgIpc) is 3.10. The fourth-order valence-corrected chi connectivity index (χ4v) is 2.98. The van der Waals surface area contributed by atoms with Gasteiger partial charge in [-0.3, -0.25) is 9.69 Å². The molecule has 3 rings (SSSR count). The topological polar surface area (TPSA) is 85.2 Å². The quantitative estimate of drug-likeness (QED) is 0.828. The highest BCUT2D eigenvalue weighted by Gasteiger charge is 2.21. The summed E-state index contributed by atoms with van der Waals surface area (Å²) < 4.78 is 6.83. The number of nitrogens with zero attached hydrogens (tertiary/aromatic N) is 5. The van der Waals surface area contributed by atoms with Gasteiger partial charge in [-0.05, 0) is 29.3 Å². The van der Waals surface area contributed by atoms with Crippen LogP contribution in [-0.2, 0) is 17.9 Å². The molecule has 1 saturated heterocycles. The molecule has 0 atom stereocenters. The number of carbonyl (C=O) groups excluding carboxylic acids is 1. The zero-order valence-electron chi connectivity index (χ0n) is 13.8. The Bertz CT molecular complexity index is 652. The molecule has 0 radical (unpaired) electrons. The lowest BCUT2D eigenvalue weighted by molar-refractivity contribution is -0.122. The van der Waals surface area contributed by atoms with Crippen LogP contribution in [0.25, 0.3) is 0 Å². The molecule has 0 saturated carbocycles. The number of aromatic nitrogens is 4. The van der Waals surface area contributed by atoms with Crippen LogP contribution >= 0.6 is 0 Å². The molecule has 1 aromatic heterocycles. The van der Waals surface area contributed by atoms with Crippen molar-refractivity contribution in [2.24, 2.45) is 0 Å². The Morgan fingerprint density at radius 2 is 2.12 bits per heavy atom. The zero-order valence-corrected chi connectivity index (χ0v) is 13.8. The minimum Gasteiger partial charge on any atom is -0.496 e. The number of para-hydroxylation sites is 1. The molecule has 1 N–H and O–H groups in total. The number of amides is 1. The Kier molecular flexibility index (Phi) is 5.37. The maximum absolute atomic E-state index is 12.0. The number of piperidine rings is 1. The van der Waals surface area contributed by atoms with Crippen molar-refractivity contribution in [2.45, 2.75) is 32.0 Å². The molecular weight excluding hydrogens is 308 g/mol. The molecule has 2 heterocycles. The molecule has 0 aliphatic carbocycles. The molecule has 0 bridgehead atoms. The highest BCUT2D eigenvalue weighted by atomic mass is 16.5. The summed E-state index contributed by atoms with van der Waals surface area (Å²) in [7, 11) is 1.70. The Morgan fingerprint density at radius 1 is 1.33 bits per heavy atom. The summed E-state index contributed by atoms with van der Waals surface area (Å²) in [6.45, 7) is 2.94. The predicted molar refractivity (Wildman–Crippen MR) is 87.3 cm³/mol. The molecule has 1 fully saturated rings. The van der Waals surface area contributed by atoms with Crippen molar-refractivity contribution < 1.29 is 9.53 Å². The van der Waals surface area contributed by atoms with E-state index in [9.17, 15) is 4.79 Å². The van der Waals surface area contributed by atoms with Gasteiger partial charge in [0.25, 0.3) is 0 Å². The molecule has 1 aliphatic rings. The number of likely N-dealkylation sites (tertiary alicyclic amines) is 1. The lowest BCUT2D eigenvalue weighted by Gasteiger charge is -2.32. The van der Waals surface area contributed by atoms with Crippen molar-refractivity contribution in [1.82, 2.24) is 30.4 Å². The van der Waals surface area contributed by atoms with Gasteiger partial charge in [-0.15, -0.1) is 5.10 Å². The Morgan fingerprint density at radius 3 is 2.83 bits per heavy atom. The van der Waals surface area contributed by atoms with E-state index in [0.717, 1.165) is 38.2 Å². The van der Waals surface area contributed by atoms with Gasteiger partial charge in [0.1, 0.15) is 18.6 Å². The minimum absolute atomic E-state index is 0.0505. The number of rotatable bonds is 6. The molecule has 1 amide bonds. The highest BCUT2D eigenvalue weighted by Crippen LogP contribution is 2.21. The van der Waals surface area contributed by atoms with Crippen LogP contribution in [0.15, 0.2) is 30.6 Å². The maximum atomic E-state index is 12.0. The molecule has 0 spiro atoms. The Hall–Kier alpha value is -2.48. The summed E-state index contributed by atoms with van der Waals surface area (Å²) >= 11 is 0.